The van der Waals surface area contributed by atoms with Crippen LogP contribution in [0.4, 0.5) is 13.2 Å². The molecule has 0 atom stereocenters. The molecule has 0 bridgehead atoms. The molecule has 0 aliphatic carbocycles. The summed E-state index contributed by atoms with van der Waals surface area (Å²) in [5.41, 5.74) is 1.62. The standard InChI is InChI=1S/C28H23F3N4O3/c1-17-36-25(37-17)8-5-13-35-24-12-10-19(14-21(24)16-32-35)26-33-27(38-34-26)20-9-11-22(18-6-3-2-4-7-18)23(15-20)28(29,30)31/h2-4,6-7,9-12,14-17,25H,5,8,13H2,1H3. The highest BCUT2D eigenvalue weighted by Gasteiger charge is 2.34. The number of aryl methyl sites for hydroxylation is 1. The van der Waals surface area contributed by atoms with Crippen molar-refractivity contribution < 1.29 is 27.2 Å². The van der Waals surface area contributed by atoms with Gasteiger partial charge in [0.15, 0.2) is 12.6 Å². The van der Waals surface area contributed by atoms with Crippen molar-refractivity contribution >= 4 is 10.9 Å². The molecule has 0 radical (unpaired) electrons. The second kappa shape index (κ2) is 9.70. The molecule has 0 N–H and O–H groups in total. The van der Waals surface area contributed by atoms with Gasteiger partial charge in [-0.2, -0.15) is 23.3 Å². The molecule has 5 aromatic rings. The number of alkyl halides is 3. The van der Waals surface area contributed by atoms with E-state index in [2.05, 4.69) is 15.2 Å². The van der Waals surface area contributed by atoms with Crippen molar-refractivity contribution in [3.8, 4) is 34.0 Å². The Morgan fingerprint density at radius 1 is 0.921 bits per heavy atom. The van der Waals surface area contributed by atoms with Crippen LogP contribution in [0, 0.1) is 0 Å². The molecule has 2 aromatic heterocycles. The molecule has 6 rings (SSSR count). The van der Waals surface area contributed by atoms with Crippen molar-refractivity contribution in [2.24, 2.45) is 0 Å². The second-order valence-corrected chi connectivity index (χ2v) is 9.10. The molecule has 1 saturated heterocycles. The summed E-state index contributed by atoms with van der Waals surface area (Å²) in [5.74, 6) is 0.291. The van der Waals surface area contributed by atoms with Crippen LogP contribution in [0.5, 0.6) is 0 Å². The van der Waals surface area contributed by atoms with Crippen LogP contribution in [0.15, 0.2) is 77.4 Å². The van der Waals surface area contributed by atoms with Crippen LogP contribution in [0.3, 0.4) is 0 Å². The molecular weight excluding hydrogens is 497 g/mol. The zero-order chi connectivity index (χ0) is 26.3. The Balaban J connectivity index is 1.23. The first-order valence-electron chi connectivity index (χ1n) is 12.2. The Bertz CT molecular complexity index is 1570. The van der Waals surface area contributed by atoms with E-state index in [1.165, 1.54) is 6.07 Å². The topological polar surface area (TPSA) is 75.2 Å². The van der Waals surface area contributed by atoms with Gasteiger partial charge >= 0.3 is 6.18 Å². The lowest BCUT2D eigenvalue weighted by atomic mass is 9.97. The Labute approximate surface area is 215 Å². The molecule has 3 heterocycles. The maximum atomic E-state index is 13.9. The lowest BCUT2D eigenvalue weighted by Gasteiger charge is -2.33. The van der Waals surface area contributed by atoms with Gasteiger partial charge in [0, 0.05) is 29.5 Å². The van der Waals surface area contributed by atoms with Crippen molar-refractivity contribution in [1.82, 2.24) is 19.9 Å². The Morgan fingerprint density at radius 2 is 1.71 bits per heavy atom. The number of halogens is 3. The number of hydrogen-bond donors (Lipinski definition) is 0. The predicted octanol–water partition coefficient (Wildman–Crippen LogP) is 6.94. The van der Waals surface area contributed by atoms with Crippen molar-refractivity contribution in [2.75, 3.05) is 0 Å². The smallest absolute Gasteiger partial charge is 0.334 e. The lowest BCUT2D eigenvalue weighted by molar-refractivity contribution is -0.377. The number of fused-ring (bicyclic) bond motifs is 1. The molecule has 3 aromatic carbocycles. The number of hydrogen-bond acceptors (Lipinski definition) is 6. The largest absolute Gasteiger partial charge is 0.417 e. The van der Waals surface area contributed by atoms with E-state index >= 15 is 0 Å². The molecule has 10 heteroatoms. The summed E-state index contributed by atoms with van der Waals surface area (Å²) in [6, 6.07) is 18.1. The fraction of sp³-hybridized carbons (Fsp3) is 0.250. The van der Waals surface area contributed by atoms with Gasteiger partial charge < -0.3 is 14.0 Å². The van der Waals surface area contributed by atoms with Gasteiger partial charge in [0.05, 0.1) is 17.3 Å². The van der Waals surface area contributed by atoms with Crippen molar-refractivity contribution in [1.29, 1.82) is 0 Å². The summed E-state index contributed by atoms with van der Waals surface area (Å²) in [6.45, 7) is 2.58. The van der Waals surface area contributed by atoms with E-state index in [9.17, 15) is 13.2 Å². The minimum absolute atomic E-state index is 0.00987. The summed E-state index contributed by atoms with van der Waals surface area (Å²) < 4.78 is 60.0. The van der Waals surface area contributed by atoms with Gasteiger partial charge in [-0.3, -0.25) is 4.68 Å². The zero-order valence-electron chi connectivity index (χ0n) is 20.4. The Morgan fingerprint density at radius 3 is 2.47 bits per heavy atom. The highest BCUT2D eigenvalue weighted by Crippen LogP contribution is 2.39. The molecule has 0 unspecified atom stereocenters. The van der Waals surface area contributed by atoms with Gasteiger partial charge in [0.2, 0.25) is 5.82 Å². The first-order valence-corrected chi connectivity index (χ1v) is 12.2. The molecule has 1 aliphatic heterocycles. The maximum Gasteiger partial charge on any atom is 0.417 e. The van der Waals surface area contributed by atoms with Gasteiger partial charge in [-0.05, 0) is 54.8 Å². The van der Waals surface area contributed by atoms with Crippen LogP contribution >= 0.6 is 0 Å². The van der Waals surface area contributed by atoms with E-state index < -0.39 is 11.7 Å². The van der Waals surface area contributed by atoms with Gasteiger partial charge in [-0.15, -0.1) is 0 Å². The summed E-state index contributed by atoms with van der Waals surface area (Å²) in [4.78, 5) is 4.38. The lowest BCUT2D eigenvalue weighted by Crippen LogP contribution is -2.38. The van der Waals surface area contributed by atoms with Crippen LogP contribution in [0.2, 0.25) is 0 Å². The van der Waals surface area contributed by atoms with E-state index in [4.69, 9.17) is 14.0 Å². The SMILES string of the molecule is CC1OC(CCCn2ncc3cc(-c4noc(-c5ccc(-c6ccccc6)c(C(F)(F)F)c5)n4)ccc32)O1. The first kappa shape index (κ1) is 24.3. The fourth-order valence-corrected chi connectivity index (χ4v) is 4.63. The third-order valence-electron chi connectivity index (χ3n) is 6.48. The monoisotopic (exact) mass is 520 g/mol. The molecule has 0 saturated carbocycles. The summed E-state index contributed by atoms with van der Waals surface area (Å²) in [7, 11) is 0. The van der Waals surface area contributed by atoms with E-state index in [0.29, 0.717) is 17.7 Å². The van der Waals surface area contributed by atoms with Gasteiger partial charge in [0.25, 0.3) is 5.89 Å². The number of rotatable bonds is 7. The number of ether oxygens (including phenoxy) is 2. The van der Waals surface area contributed by atoms with Crippen LogP contribution in [0.1, 0.15) is 25.3 Å². The van der Waals surface area contributed by atoms with Gasteiger partial charge in [-0.1, -0.05) is 41.6 Å². The minimum Gasteiger partial charge on any atom is -0.334 e. The predicted molar refractivity (Wildman–Crippen MR) is 134 cm³/mol. The van der Waals surface area contributed by atoms with Crippen LogP contribution < -0.4 is 0 Å². The normalized spacial score (nSPS) is 17.6. The first-order chi connectivity index (χ1) is 18.3. The number of aromatic nitrogens is 4. The highest BCUT2D eigenvalue weighted by atomic mass is 19.4. The molecule has 0 spiro atoms. The number of benzene rings is 3. The average molecular weight is 521 g/mol. The zero-order valence-corrected chi connectivity index (χ0v) is 20.4. The van der Waals surface area contributed by atoms with E-state index in [0.717, 1.165) is 29.8 Å². The fourth-order valence-electron chi connectivity index (χ4n) is 4.63. The minimum atomic E-state index is -4.55. The van der Waals surface area contributed by atoms with Crippen molar-refractivity contribution in [3.05, 3.63) is 78.5 Å². The second-order valence-electron chi connectivity index (χ2n) is 9.10. The van der Waals surface area contributed by atoms with Gasteiger partial charge in [0.1, 0.15) is 0 Å². The molecule has 1 aliphatic rings. The van der Waals surface area contributed by atoms with E-state index in [1.54, 1.807) is 42.6 Å². The number of nitrogens with zero attached hydrogens (tertiary/aromatic N) is 4. The molecule has 38 heavy (non-hydrogen) atoms. The van der Waals surface area contributed by atoms with Crippen LogP contribution in [-0.2, 0) is 22.2 Å². The molecule has 194 valence electrons. The van der Waals surface area contributed by atoms with Gasteiger partial charge in [-0.25, -0.2) is 0 Å². The highest BCUT2D eigenvalue weighted by molar-refractivity contribution is 5.83. The third kappa shape index (κ3) is 4.80. The molecule has 1 fully saturated rings. The maximum absolute atomic E-state index is 13.9. The summed E-state index contributed by atoms with van der Waals surface area (Å²) >= 11 is 0. The van der Waals surface area contributed by atoms with E-state index in [-0.39, 0.29) is 35.4 Å². The molecule has 7 nitrogen and oxygen atoms in total. The average Bonchev–Trinajstić information content (AvgIpc) is 3.55. The quantitative estimate of drug-likeness (QED) is 0.231. The van der Waals surface area contributed by atoms with Crippen LogP contribution in [-0.4, -0.2) is 32.5 Å². The van der Waals surface area contributed by atoms with E-state index in [1.807, 2.05) is 29.8 Å². The van der Waals surface area contributed by atoms with Crippen LogP contribution in [0.25, 0.3) is 44.9 Å². The molecular formula is C28H23F3N4O3. The Kier molecular flexibility index (Phi) is 6.21. The Hall–Kier alpha value is -4.02. The van der Waals surface area contributed by atoms with Crippen molar-refractivity contribution in [2.45, 2.75) is 45.1 Å². The summed E-state index contributed by atoms with van der Waals surface area (Å²) in [6.07, 6.45) is -1.42. The molecule has 0 amide bonds. The third-order valence-corrected chi connectivity index (χ3v) is 6.48. The summed E-state index contributed by atoms with van der Waals surface area (Å²) in [5, 5.41) is 9.38. The van der Waals surface area contributed by atoms with Crippen molar-refractivity contribution in [3.63, 3.8) is 0 Å².